The Morgan fingerprint density at radius 1 is 1.04 bits per heavy atom. The van der Waals surface area contributed by atoms with Crippen molar-refractivity contribution in [2.24, 2.45) is 0 Å². The van der Waals surface area contributed by atoms with Crippen molar-refractivity contribution in [3.05, 3.63) is 47.4 Å². The molecule has 1 atom stereocenters. The first-order valence-corrected chi connectivity index (χ1v) is 10.1. The van der Waals surface area contributed by atoms with Crippen LogP contribution in [0.3, 0.4) is 0 Å². The first kappa shape index (κ1) is 20.3. The van der Waals surface area contributed by atoms with Crippen LogP contribution in [0.5, 0.6) is 0 Å². The quantitative estimate of drug-likeness (QED) is 0.860. The van der Waals surface area contributed by atoms with Crippen LogP contribution >= 0.6 is 0 Å². The van der Waals surface area contributed by atoms with Gasteiger partial charge in [0.05, 0.1) is 6.04 Å². The van der Waals surface area contributed by atoms with Crippen LogP contribution in [0.15, 0.2) is 30.3 Å². The molecular weight excluding hydrogens is 350 g/mol. The van der Waals surface area contributed by atoms with E-state index in [1.54, 1.807) is 0 Å². The first-order valence-electron chi connectivity index (χ1n) is 10.1. The number of nitrogens with one attached hydrogen (secondary N) is 1. The summed E-state index contributed by atoms with van der Waals surface area (Å²) in [4.78, 5) is 26.5. The lowest BCUT2D eigenvalue weighted by Crippen LogP contribution is -2.53. The Kier molecular flexibility index (Phi) is 6.29. The lowest BCUT2D eigenvalue weighted by molar-refractivity contribution is -0.120. The average Bonchev–Trinajstić information content (AvgIpc) is 2.68. The van der Waals surface area contributed by atoms with Crippen LogP contribution in [0.25, 0.3) is 0 Å². The summed E-state index contributed by atoms with van der Waals surface area (Å²) in [6.45, 7) is 13.6. The molecule has 6 heteroatoms. The van der Waals surface area contributed by atoms with Gasteiger partial charge in [0.15, 0.2) is 0 Å². The summed E-state index contributed by atoms with van der Waals surface area (Å²) in [7, 11) is 0. The Labute approximate surface area is 168 Å². The van der Waals surface area contributed by atoms with Crippen LogP contribution in [0.1, 0.15) is 43.8 Å². The Hall–Kier alpha value is -2.47. The SMILES string of the molecule is Cc1cc(N2CCN(C(C)C(=O)Nc3ccccc3C)CC2)nc(C(C)C)n1. The number of benzene rings is 1. The molecule has 1 aliphatic rings. The van der Waals surface area contributed by atoms with E-state index in [1.807, 2.05) is 45.0 Å². The summed E-state index contributed by atoms with van der Waals surface area (Å²) in [5, 5.41) is 3.06. The van der Waals surface area contributed by atoms with E-state index in [9.17, 15) is 4.79 Å². The highest BCUT2D eigenvalue weighted by Gasteiger charge is 2.26. The summed E-state index contributed by atoms with van der Waals surface area (Å²) in [6.07, 6.45) is 0. The van der Waals surface area contributed by atoms with E-state index >= 15 is 0 Å². The Morgan fingerprint density at radius 2 is 1.71 bits per heavy atom. The monoisotopic (exact) mass is 381 g/mol. The molecule has 1 aromatic heterocycles. The number of anilines is 2. The predicted molar refractivity (Wildman–Crippen MR) is 114 cm³/mol. The third-order valence-corrected chi connectivity index (χ3v) is 5.34. The fourth-order valence-electron chi connectivity index (χ4n) is 3.45. The van der Waals surface area contributed by atoms with Gasteiger partial charge >= 0.3 is 0 Å². The van der Waals surface area contributed by atoms with Crippen LogP contribution in [-0.4, -0.2) is 53.0 Å². The zero-order valence-corrected chi connectivity index (χ0v) is 17.6. The third-order valence-electron chi connectivity index (χ3n) is 5.34. The Morgan fingerprint density at radius 3 is 2.36 bits per heavy atom. The largest absolute Gasteiger partial charge is 0.354 e. The molecule has 150 valence electrons. The van der Waals surface area contributed by atoms with E-state index in [-0.39, 0.29) is 11.9 Å². The van der Waals surface area contributed by atoms with Gasteiger partial charge < -0.3 is 10.2 Å². The molecule has 2 aromatic rings. The number of piperazine rings is 1. The normalized spacial score (nSPS) is 16.3. The van der Waals surface area contributed by atoms with Crippen molar-refractivity contribution in [1.29, 1.82) is 0 Å². The third kappa shape index (κ3) is 4.68. The Bertz CT molecular complexity index is 827. The average molecular weight is 382 g/mol. The van der Waals surface area contributed by atoms with E-state index < -0.39 is 0 Å². The van der Waals surface area contributed by atoms with Gasteiger partial charge in [-0.05, 0) is 32.4 Å². The lowest BCUT2D eigenvalue weighted by Gasteiger charge is -2.38. The van der Waals surface area contributed by atoms with Gasteiger partial charge in [-0.25, -0.2) is 9.97 Å². The topological polar surface area (TPSA) is 61.4 Å². The maximum absolute atomic E-state index is 12.7. The highest BCUT2D eigenvalue weighted by Crippen LogP contribution is 2.20. The van der Waals surface area contributed by atoms with Gasteiger partial charge in [0.25, 0.3) is 0 Å². The van der Waals surface area contributed by atoms with Crippen LogP contribution in [-0.2, 0) is 4.79 Å². The zero-order valence-electron chi connectivity index (χ0n) is 17.6. The minimum Gasteiger partial charge on any atom is -0.354 e. The van der Waals surface area contributed by atoms with Gasteiger partial charge in [-0.3, -0.25) is 9.69 Å². The molecule has 2 heterocycles. The Balaban J connectivity index is 1.60. The van der Waals surface area contributed by atoms with Gasteiger partial charge in [-0.1, -0.05) is 32.0 Å². The van der Waals surface area contributed by atoms with Crippen LogP contribution in [0, 0.1) is 13.8 Å². The lowest BCUT2D eigenvalue weighted by atomic mass is 10.1. The van der Waals surface area contributed by atoms with Crippen LogP contribution in [0.2, 0.25) is 0 Å². The number of hydrogen-bond donors (Lipinski definition) is 1. The number of aryl methyl sites for hydroxylation is 2. The fourth-order valence-corrected chi connectivity index (χ4v) is 3.45. The van der Waals surface area contributed by atoms with Crippen molar-refractivity contribution in [3.8, 4) is 0 Å². The first-order chi connectivity index (χ1) is 13.3. The van der Waals surface area contributed by atoms with E-state index in [4.69, 9.17) is 4.98 Å². The van der Waals surface area contributed by atoms with Gasteiger partial charge in [-0.2, -0.15) is 0 Å². The molecule has 3 rings (SSSR count). The molecule has 1 unspecified atom stereocenters. The standard InChI is InChI=1S/C22H31N5O/c1-15(2)21-23-17(4)14-20(25-21)27-12-10-26(11-13-27)18(5)22(28)24-19-9-7-6-8-16(19)3/h6-9,14-15,18H,10-13H2,1-5H3,(H,24,28). The molecule has 0 radical (unpaired) electrons. The summed E-state index contributed by atoms with van der Waals surface area (Å²) in [5.74, 6) is 2.24. The molecular formula is C22H31N5O. The van der Waals surface area contributed by atoms with Gasteiger partial charge in [0.1, 0.15) is 11.6 Å². The maximum atomic E-state index is 12.7. The molecule has 0 aliphatic carbocycles. The minimum absolute atomic E-state index is 0.0442. The van der Waals surface area contributed by atoms with Crippen molar-refractivity contribution < 1.29 is 4.79 Å². The second kappa shape index (κ2) is 8.69. The van der Waals surface area contributed by atoms with E-state index in [1.165, 1.54) is 0 Å². The summed E-state index contributed by atoms with van der Waals surface area (Å²) in [5.41, 5.74) is 2.96. The van der Waals surface area contributed by atoms with Crippen molar-refractivity contribution in [2.75, 3.05) is 36.4 Å². The zero-order chi connectivity index (χ0) is 20.3. The summed E-state index contributed by atoms with van der Waals surface area (Å²) in [6, 6.07) is 9.76. The highest BCUT2D eigenvalue weighted by molar-refractivity contribution is 5.95. The molecule has 1 N–H and O–H groups in total. The molecule has 1 fully saturated rings. The van der Waals surface area contributed by atoms with E-state index in [0.29, 0.717) is 5.92 Å². The number of aromatic nitrogens is 2. The molecule has 28 heavy (non-hydrogen) atoms. The van der Waals surface area contributed by atoms with Gasteiger partial charge in [0.2, 0.25) is 5.91 Å². The van der Waals surface area contributed by atoms with Gasteiger partial charge in [0, 0.05) is 49.5 Å². The smallest absolute Gasteiger partial charge is 0.241 e. The maximum Gasteiger partial charge on any atom is 0.241 e. The number of para-hydroxylation sites is 1. The highest BCUT2D eigenvalue weighted by atomic mass is 16.2. The molecule has 6 nitrogen and oxygen atoms in total. The van der Waals surface area contributed by atoms with Crippen LogP contribution < -0.4 is 10.2 Å². The predicted octanol–water partition coefficient (Wildman–Crippen LogP) is 3.37. The van der Waals surface area contributed by atoms with Crippen molar-refractivity contribution in [2.45, 2.75) is 46.6 Å². The fraction of sp³-hybridized carbons (Fsp3) is 0.500. The van der Waals surface area contributed by atoms with Crippen molar-refractivity contribution in [3.63, 3.8) is 0 Å². The molecule has 1 aromatic carbocycles. The second-order valence-corrected chi connectivity index (χ2v) is 7.88. The molecule has 1 saturated heterocycles. The van der Waals surface area contributed by atoms with E-state index in [0.717, 1.165) is 54.8 Å². The minimum atomic E-state index is -0.167. The number of carbonyl (C=O) groups excluding carboxylic acids is 1. The van der Waals surface area contributed by atoms with Gasteiger partial charge in [-0.15, -0.1) is 0 Å². The second-order valence-electron chi connectivity index (χ2n) is 7.88. The van der Waals surface area contributed by atoms with Crippen LogP contribution in [0.4, 0.5) is 11.5 Å². The number of carbonyl (C=O) groups is 1. The molecule has 0 bridgehead atoms. The molecule has 1 aliphatic heterocycles. The van der Waals surface area contributed by atoms with Crippen molar-refractivity contribution in [1.82, 2.24) is 14.9 Å². The number of nitrogens with zero attached hydrogens (tertiary/aromatic N) is 4. The molecule has 1 amide bonds. The summed E-state index contributed by atoms with van der Waals surface area (Å²) < 4.78 is 0. The van der Waals surface area contributed by atoms with Crippen molar-refractivity contribution >= 4 is 17.4 Å². The van der Waals surface area contributed by atoms with E-state index in [2.05, 4.69) is 40.0 Å². The summed E-state index contributed by atoms with van der Waals surface area (Å²) >= 11 is 0. The number of rotatable bonds is 5. The molecule has 0 saturated carbocycles. The molecule has 0 spiro atoms. The number of amides is 1. The number of hydrogen-bond acceptors (Lipinski definition) is 5.